The summed E-state index contributed by atoms with van der Waals surface area (Å²) in [6.45, 7) is 2.88. The molecule has 0 bridgehead atoms. The first kappa shape index (κ1) is 12.5. The number of rotatable bonds is 6. The van der Waals surface area contributed by atoms with Gasteiger partial charge in [0.1, 0.15) is 15.4 Å². The van der Waals surface area contributed by atoms with Crippen molar-refractivity contribution >= 4 is 27.3 Å². The second-order valence-corrected chi connectivity index (χ2v) is 5.47. The monoisotopic (exact) mass is 287 g/mol. The molecule has 1 rings (SSSR count). The summed E-state index contributed by atoms with van der Waals surface area (Å²) in [7, 11) is 0. The third-order valence-electron chi connectivity index (χ3n) is 2.07. The Bertz CT molecular complexity index is 343. The van der Waals surface area contributed by atoms with E-state index < -0.39 is 0 Å². The Labute approximate surface area is 103 Å². The van der Waals surface area contributed by atoms with Crippen molar-refractivity contribution in [2.24, 2.45) is 0 Å². The van der Waals surface area contributed by atoms with Gasteiger partial charge in [-0.05, 0) is 22.4 Å². The second-order valence-electron chi connectivity index (χ2n) is 3.27. The molecular formula is C11H14BrNOS. The fourth-order valence-corrected chi connectivity index (χ4v) is 2.50. The lowest BCUT2D eigenvalue weighted by Gasteiger charge is -2.04. The first-order valence-electron chi connectivity index (χ1n) is 5.09. The maximum Gasteiger partial charge on any atom is 0.162 e. The normalized spacial score (nSPS) is 9.93. The van der Waals surface area contributed by atoms with Crippen LogP contribution in [0.2, 0.25) is 0 Å². The van der Waals surface area contributed by atoms with Gasteiger partial charge < -0.3 is 4.74 Å². The zero-order valence-electron chi connectivity index (χ0n) is 8.75. The maximum absolute atomic E-state index is 8.83. The van der Waals surface area contributed by atoms with Crippen LogP contribution in [0.4, 0.5) is 0 Å². The largest absolute Gasteiger partial charge is 0.490 e. The quantitative estimate of drug-likeness (QED) is 0.729. The minimum atomic E-state index is 0.627. The molecule has 0 saturated carbocycles. The lowest BCUT2D eigenvalue weighted by molar-refractivity contribution is 0.304. The van der Waals surface area contributed by atoms with Crippen LogP contribution < -0.4 is 4.74 Å². The molecule has 2 nitrogen and oxygen atoms in total. The number of hydrogen-bond donors (Lipinski definition) is 0. The Morgan fingerprint density at radius 3 is 2.93 bits per heavy atom. The summed E-state index contributed by atoms with van der Waals surface area (Å²) >= 11 is 4.88. The Hall–Kier alpha value is -0.530. The van der Waals surface area contributed by atoms with Crippen LogP contribution in [0.25, 0.3) is 0 Å². The summed E-state index contributed by atoms with van der Waals surface area (Å²) in [5, 5.41) is 10.6. The smallest absolute Gasteiger partial charge is 0.162 e. The standard InChI is InChI=1S/C11H14BrNOS/c1-2-3-4-5-6-14-10-9(7-13)8-15-11(10)12/h8H,2-6H2,1H3. The summed E-state index contributed by atoms with van der Waals surface area (Å²) in [4.78, 5) is 0. The summed E-state index contributed by atoms with van der Waals surface area (Å²) < 4.78 is 6.50. The average molecular weight is 288 g/mol. The molecule has 1 aromatic rings. The molecule has 0 saturated heterocycles. The zero-order chi connectivity index (χ0) is 11.1. The van der Waals surface area contributed by atoms with Crippen LogP contribution in [-0.4, -0.2) is 6.61 Å². The number of ether oxygens (including phenoxy) is 1. The van der Waals surface area contributed by atoms with E-state index in [0.717, 1.165) is 10.2 Å². The molecule has 82 valence electrons. The van der Waals surface area contributed by atoms with Crippen molar-refractivity contribution in [3.05, 3.63) is 14.7 Å². The first-order chi connectivity index (χ1) is 7.29. The highest BCUT2D eigenvalue weighted by molar-refractivity contribution is 9.11. The van der Waals surface area contributed by atoms with Gasteiger partial charge in [-0.1, -0.05) is 26.2 Å². The van der Waals surface area contributed by atoms with E-state index in [1.807, 2.05) is 5.38 Å². The van der Waals surface area contributed by atoms with Gasteiger partial charge in [0.2, 0.25) is 0 Å². The number of nitrogens with zero attached hydrogens (tertiary/aromatic N) is 1. The van der Waals surface area contributed by atoms with Gasteiger partial charge in [0.15, 0.2) is 5.75 Å². The molecule has 0 fully saturated rings. The van der Waals surface area contributed by atoms with E-state index in [1.54, 1.807) is 0 Å². The Morgan fingerprint density at radius 1 is 1.47 bits per heavy atom. The molecule has 0 aromatic carbocycles. The van der Waals surface area contributed by atoms with Crippen LogP contribution in [0, 0.1) is 11.3 Å². The van der Waals surface area contributed by atoms with Gasteiger partial charge in [-0.3, -0.25) is 0 Å². The number of halogens is 1. The SMILES string of the molecule is CCCCCCOc1c(C#N)csc1Br. The molecule has 0 aliphatic carbocycles. The summed E-state index contributed by atoms with van der Waals surface area (Å²) in [6, 6.07) is 2.12. The van der Waals surface area contributed by atoms with E-state index in [-0.39, 0.29) is 0 Å². The fraction of sp³-hybridized carbons (Fsp3) is 0.545. The van der Waals surface area contributed by atoms with Gasteiger partial charge >= 0.3 is 0 Å². The summed E-state index contributed by atoms with van der Waals surface area (Å²) in [5.41, 5.74) is 0.627. The van der Waals surface area contributed by atoms with Crippen LogP contribution in [0.15, 0.2) is 9.17 Å². The van der Waals surface area contributed by atoms with Gasteiger partial charge in [0, 0.05) is 5.38 Å². The number of unbranched alkanes of at least 4 members (excludes halogenated alkanes) is 3. The molecule has 4 heteroatoms. The highest BCUT2D eigenvalue weighted by atomic mass is 79.9. The first-order valence-corrected chi connectivity index (χ1v) is 6.76. The highest BCUT2D eigenvalue weighted by Gasteiger charge is 2.10. The number of nitriles is 1. The molecule has 0 aliphatic heterocycles. The van der Waals surface area contributed by atoms with Gasteiger partial charge in [-0.2, -0.15) is 5.26 Å². The van der Waals surface area contributed by atoms with E-state index in [4.69, 9.17) is 10.00 Å². The number of hydrogen-bond acceptors (Lipinski definition) is 3. The van der Waals surface area contributed by atoms with Gasteiger partial charge in [0.25, 0.3) is 0 Å². The van der Waals surface area contributed by atoms with E-state index in [1.165, 1.54) is 30.6 Å². The third kappa shape index (κ3) is 3.84. The van der Waals surface area contributed by atoms with E-state index in [9.17, 15) is 0 Å². The minimum absolute atomic E-state index is 0.627. The van der Waals surface area contributed by atoms with E-state index in [2.05, 4.69) is 28.9 Å². The van der Waals surface area contributed by atoms with Crippen molar-refractivity contribution < 1.29 is 4.74 Å². The lowest BCUT2D eigenvalue weighted by atomic mass is 10.2. The molecule has 1 aromatic heterocycles. The van der Waals surface area contributed by atoms with Crippen LogP contribution in [-0.2, 0) is 0 Å². The van der Waals surface area contributed by atoms with Crippen molar-refractivity contribution in [1.29, 1.82) is 5.26 Å². The van der Waals surface area contributed by atoms with Crippen molar-refractivity contribution in [3.63, 3.8) is 0 Å². The molecule has 0 spiro atoms. The molecular weight excluding hydrogens is 274 g/mol. The van der Waals surface area contributed by atoms with Crippen molar-refractivity contribution in [2.75, 3.05) is 6.61 Å². The number of thiophene rings is 1. The molecule has 0 aliphatic rings. The molecule has 1 heterocycles. The van der Waals surface area contributed by atoms with Crippen LogP contribution >= 0.6 is 27.3 Å². The Balaban J connectivity index is 2.37. The van der Waals surface area contributed by atoms with Gasteiger partial charge in [0.05, 0.1) is 6.61 Å². The summed E-state index contributed by atoms with van der Waals surface area (Å²) in [5.74, 6) is 0.707. The van der Waals surface area contributed by atoms with Crippen LogP contribution in [0.1, 0.15) is 38.2 Å². The zero-order valence-corrected chi connectivity index (χ0v) is 11.2. The predicted molar refractivity (Wildman–Crippen MR) is 66.4 cm³/mol. The molecule has 0 atom stereocenters. The van der Waals surface area contributed by atoms with E-state index >= 15 is 0 Å². The minimum Gasteiger partial charge on any atom is -0.490 e. The second kappa shape index (κ2) is 6.86. The average Bonchev–Trinajstić information content (AvgIpc) is 2.60. The molecule has 0 unspecified atom stereocenters. The molecule has 0 N–H and O–H groups in total. The highest BCUT2D eigenvalue weighted by Crippen LogP contribution is 2.35. The molecule has 0 amide bonds. The molecule has 0 radical (unpaired) electrons. The third-order valence-corrected chi connectivity index (χ3v) is 3.73. The van der Waals surface area contributed by atoms with Crippen LogP contribution in [0.3, 0.4) is 0 Å². The van der Waals surface area contributed by atoms with Crippen molar-refractivity contribution in [2.45, 2.75) is 32.6 Å². The topological polar surface area (TPSA) is 33.0 Å². The van der Waals surface area contributed by atoms with Gasteiger partial charge in [-0.15, -0.1) is 11.3 Å². The van der Waals surface area contributed by atoms with E-state index in [0.29, 0.717) is 17.9 Å². The van der Waals surface area contributed by atoms with Crippen molar-refractivity contribution in [3.8, 4) is 11.8 Å². The molecule has 15 heavy (non-hydrogen) atoms. The predicted octanol–water partition coefficient (Wildman–Crippen LogP) is 4.34. The lowest BCUT2D eigenvalue weighted by Crippen LogP contribution is -1.97. The Kier molecular flexibility index (Phi) is 5.74. The van der Waals surface area contributed by atoms with Crippen molar-refractivity contribution in [1.82, 2.24) is 0 Å². The van der Waals surface area contributed by atoms with Crippen LogP contribution in [0.5, 0.6) is 5.75 Å². The Morgan fingerprint density at radius 2 is 2.27 bits per heavy atom. The maximum atomic E-state index is 8.83. The fourth-order valence-electron chi connectivity index (χ4n) is 1.24. The summed E-state index contributed by atoms with van der Waals surface area (Å²) in [6.07, 6.45) is 4.73. The van der Waals surface area contributed by atoms with Gasteiger partial charge in [-0.25, -0.2) is 0 Å².